The van der Waals surface area contributed by atoms with Crippen LogP contribution >= 0.6 is 15.9 Å². The van der Waals surface area contributed by atoms with E-state index in [1.54, 1.807) is 12.3 Å². The molecule has 1 aromatic carbocycles. The number of nitrogens with zero attached hydrogens (tertiary/aromatic N) is 1. The van der Waals surface area contributed by atoms with Crippen LogP contribution in [0.15, 0.2) is 28.9 Å². The Morgan fingerprint density at radius 1 is 1.36 bits per heavy atom. The van der Waals surface area contributed by atoms with Crippen molar-refractivity contribution in [2.75, 3.05) is 7.11 Å². The summed E-state index contributed by atoms with van der Waals surface area (Å²) in [5.74, 6) is 0.123. The first kappa shape index (κ1) is 9.40. The van der Waals surface area contributed by atoms with Crippen molar-refractivity contribution in [2.45, 2.75) is 0 Å². The fourth-order valence-corrected chi connectivity index (χ4v) is 1.91. The molecule has 0 aliphatic heterocycles. The average Bonchev–Trinajstić information content (AvgIpc) is 2.17. The quantitative estimate of drug-likeness (QED) is 0.781. The Bertz CT molecular complexity index is 487. The van der Waals surface area contributed by atoms with Gasteiger partial charge < -0.3 is 4.74 Å². The first-order chi connectivity index (χ1) is 6.72. The summed E-state index contributed by atoms with van der Waals surface area (Å²) < 4.78 is 18.8. The zero-order chi connectivity index (χ0) is 10.1. The summed E-state index contributed by atoms with van der Waals surface area (Å²) in [5, 5.41) is 1.56. The van der Waals surface area contributed by atoms with E-state index in [1.165, 1.54) is 19.2 Å². The second-order valence-electron chi connectivity index (χ2n) is 2.80. The van der Waals surface area contributed by atoms with Crippen molar-refractivity contribution in [2.24, 2.45) is 0 Å². The first-order valence-corrected chi connectivity index (χ1v) is 4.79. The molecule has 0 saturated carbocycles. The molecular weight excluding hydrogens is 249 g/mol. The molecule has 0 spiro atoms. The summed E-state index contributed by atoms with van der Waals surface area (Å²) in [6, 6.07) is 4.63. The van der Waals surface area contributed by atoms with E-state index in [1.807, 2.05) is 0 Å². The van der Waals surface area contributed by atoms with Gasteiger partial charge in [-0.2, -0.15) is 0 Å². The van der Waals surface area contributed by atoms with Gasteiger partial charge in [-0.25, -0.2) is 9.37 Å². The van der Waals surface area contributed by atoms with Crippen LogP contribution in [-0.4, -0.2) is 12.1 Å². The summed E-state index contributed by atoms with van der Waals surface area (Å²) >= 11 is 3.29. The Morgan fingerprint density at radius 2 is 2.14 bits per heavy atom. The van der Waals surface area contributed by atoms with Gasteiger partial charge in [0.15, 0.2) is 0 Å². The Hall–Kier alpha value is -1.16. The summed E-state index contributed by atoms with van der Waals surface area (Å²) in [7, 11) is 1.51. The third kappa shape index (κ3) is 1.46. The summed E-state index contributed by atoms with van der Waals surface area (Å²) in [6.45, 7) is 0. The normalized spacial score (nSPS) is 10.5. The molecule has 0 radical (unpaired) electrons. The molecular formula is C10H7BrFNO. The molecule has 4 heteroatoms. The van der Waals surface area contributed by atoms with Crippen molar-refractivity contribution >= 4 is 26.7 Å². The molecule has 0 amide bonds. The van der Waals surface area contributed by atoms with Crippen molar-refractivity contribution in [1.82, 2.24) is 4.98 Å². The van der Waals surface area contributed by atoms with Gasteiger partial charge in [0.1, 0.15) is 5.82 Å². The number of fused-ring (bicyclic) bond motifs is 1. The van der Waals surface area contributed by atoms with Crippen LogP contribution in [0.3, 0.4) is 0 Å². The van der Waals surface area contributed by atoms with Gasteiger partial charge in [-0.1, -0.05) is 15.9 Å². The minimum atomic E-state index is -0.310. The average molecular weight is 256 g/mol. The van der Waals surface area contributed by atoms with E-state index in [2.05, 4.69) is 20.9 Å². The highest BCUT2D eigenvalue weighted by atomic mass is 79.9. The molecule has 72 valence electrons. The van der Waals surface area contributed by atoms with Gasteiger partial charge in [0.05, 0.1) is 7.11 Å². The lowest BCUT2D eigenvalue weighted by molar-refractivity contribution is 0.403. The molecule has 14 heavy (non-hydrogen) atoms. The van der Waals surface area contributed by atoms with Gasteiger partial charge in [-0.05, 0) is 18.2 Å². The van der Waals surface area contributed by atoms with Crippen LogP contribution in [0.1, 0.15) is 0 Å². The van der Waals surface area contributed by atoms with Crippen LogP contribution in [0.4, 0.5) is 4.39 Å². The van der Waals surface area contributed by atoms with Crippen molar-refractivity contribution < 1.29 is 9.13 Å². The van der Waals surface area contributed by atoms with Crippen molar-refractivity contribution in [1.29, 1.82) is 0 Å². The Balaban J connectivity index is 2.86. The number of halogens is 2. The van der Waals surface area contributed by atoms with E-state index in [4.69, 9.17) is 4.74 Å². The number of ether oxygens (including phenoxy) is 1. The third-order valence-corrected chi connectivity index (χ3v) is 2.61. The Morgan fingerprint density at radius 3 is 2.86 bits per heavy atom. The summed E-state index contributed by atoms with van der Waals surface area (Å²) in [4.78, 5) is 4.00. The van der Waals surface area contributed by atoms with E-state index < -0.39 is 0 Å². The minimum Gasteiger partial charge on any atom is -0.481 e. The van der Waals surface area contributed by atoms with Gasteiger partial charge in [0, 0.05) is 21.4 Å². The van der Waals surface area contributed by atoms with Gasteiger partial charge in [0.25, 0.3) is 0 Å². The zero-order valence-corrected chi connectivity index (χ0v) is 9.01. The van der Waals surface area contributed by atoms with E-state index in [-0.39, 0.29) is 5.82 Å². The molecule has 1 aromatic heterocycles. The topological polar surface area (TPSA) is 22.1 Å². The molecule has 0 N–H and O–H groups in total. The second-order valence-corrected chi connectivity index (χ2v) is 3.66. The molecule has 0 unspecified atom stereocenters. The standard InChI is InChI=1S/C10H7BrFNO/c1-14-10-8-4-6(12)5-9(11)7(8)2-3-13-10/h2-5H,1H3. The van der Waals surface area contributed by atoms with Gasteiger partial charge in [0.2, 0.25) is 5.88 Å². The van der Waals surface area contributed by atoms with E-state index in [9.17, 15) is 4.39 Å². The number of aromatic nitrogens is 1. The van der Waals surface area contributed by atoms with Crippen LogP contribution in [0.25, 0.3) is 10.8 Å². The second kappa shape index (κ2) is 3.53. The number of hydrogen-bond acceptors (Lipinski definition) is 2. The Kier molecular flexibility index (Phi) is 2.37. The van der Waals surface area contributed by atoms with E-state index in [0.29, 0.717) is 15.7 Å². The highest BCUT2D eigenvalue weighted by Gasteiger charge is 2.06. The maximum atomic E-state index is 13.1. The summed E-state index contributed by atoms with van der Waals surface area (Å²) in [5.41, 5.74) is 0. The van der Waals surface area contributed by atoms with Gasteiger partial charge >= 0.3 is 0 Å². The molecule has 0 saturated heterocycles. The predicted octanol–water partition coefficient (Wildman–Crippen LogP) is 3.15. The van der Waals surface area contributed by atoms with Crippen LogP contribution < -0.4 is 4.74 Å². The molecule has 0 atom stereocenters. The fourth-order valence-electron chi connectivity index (χ4n) is 1.34. The van der Waals surface area contributed by atoms with Crippen molar-refractivity contribution in [3.8, 4) is 5.88 Å². The van der Waals surface area contributed by atoms with Crippen molar-refractivity contribution in [3.05, 3.63) is 34.7 Å². The minimum absolute atomic E-state index is 0.310. The lowest BCUT2D eigenvalue weighted by Crippen LogP contribution is -1.89. The Labute approximate surface area is 88.8 Å². The van der Waals surface area contributed by atoms with E-state index >= 15 is 0 Å². The number of hydrogen-bond donors (Lipinski definition) is 0. The van der Waals surface area contributed by atoms with Crippen LogP contribution in [0.5, 0.6) is 5.88 Å². The van der Waals surface area contributed by atoms with Gasteiger partial charge in [-0.3, -0.25) is 0 Å². The number of rotatable bonds is 1. The SMILES string of the molecule is COc1nccc2c(Br)cc(F)cc12. The zero-order valence-electron chi connectivity index (χ0n) is 7.42. The molecule has 1 heterocycles. The fraction of sp³-hybridized carbons (Fsp3) is 0.100. The molecule has 0 aliphatic carbocycles. The van der Waals surface area contributed by atoms with Crippen molar-refractivity contribution in [3.63, 3.8) is 0 Å². The van der Waals surface area contributed by atoms with Gasteiger partial charge in [-0.15, -0.1) is 0 Å². The third-order valence-electron chi connectivity index (χ3n) is 1.95. The number of benzene rings is 1. The highest BCUT2D eigenvalue weighted by Crippen LogP contribution is 2.29. The van der Waals surface area contributed by atoms with Crippen LogP contribution in [-0.2, 0) is 0 Å². The maximum Gasteiger partial charge on any atom is 0.221 e. The molecule has 2 aromatic rings. The molecule has 2 rings (SSSR count). The molecule has 0 fully saturated rings. The predicted molar refractivity (Wildman–Crippen MR) is 56.0 cm³/mol. The largest absolute Gasteiger partial charge is 0.481 e. The monoisotopic (exact) mass is 255 g/mol. The smallest absolute Gasteiger partial charge is 0.221 e. The highest BCUT2D eigenvalue weighted by molar-refractivity contribution is 9.10. The lowest BCUT2D eigenvalue weighted by atomic mass is 10.2. The lowest BCUT2D eigenvalue weighted by Gasteiger charge is -2.05. The molecule has 2 nitrogen and oxygen atoms in total. The maximum absolute atomic E-state index is 13.1. The van der Waals surface area contributed by atoms with E-state index in [0.717, 1.165) is 5.39 Å². The first-order valence-electron chi connectivity index (χ1n) is 4.00. The number of methoxy groups -OCH3 is 1. The molecule has 0 bridgehead atoms. The van der Waals surface area contributed by atoms with Crippen LogP contribution in [0, 0.1) is 5.82 Å². The number of pyridine rings is 1. The van der Waals surface area contributed by atoms with Crippen LogP contribution in [0.2, 0.25) is 0 Å². The molecule has 0 aliphatic rings. The summed E-state index contributed by atoms with van der Waals surface area (Å²) in [6.07, 6.45) is 1.63.